The van der Waals surface area contributed by atoms with Crippen LogP contribution in [0, 0.1) is 0 Å². The third kappa shape index (κ3) is 6.43. The van der Waals surface area contributed by atoms with Gasteiger partial charge in [-0.05, 0) is 22.9 Å². The number of carbonyl (C=O) groups is 1. The molecule has 0 heterocycles. The fourth-order valence-corrected chi connectivity index (χ4v) is 0.829. The van der Waals surface area contributed by atoms with Crippen molar-refractivity contribution >= 4 is 36.7 Å². The van der Waals surface area contributed by atoms with Gasteiger partial charge in [0.05, 0.1) is 0 Å². The van der Waals surface area contributed by atoms with E-state index in [0.717, 1.165) is 0 Å². The standard InChI is InChI=1S/C3H4Br2O2/c1-2(4)7-3(5)6/h2H,1H3. The molecular weight excluding hydrogens is 228 g/mol. The first-order valence-electron chi connectivity index (χ1n) is 1.63. The van der Waals surface area contributed by atoms with Crippen molar-refractivity contribution in [2.75, 3.05) is 0 Å². The van der Waals surface area contributed by atoms with Crippen LogP contribution in [0.1, 0.15) is 6.92 Å². The molecule has 0 bridgehead atoms. The molecule has 0 aromatic carbocycles. The van der Waals surface area contributed by atoms with Gasteiger partial charge in [0, 0.05) is 15.9 Å². The molecule has 0 N–H and O–H groups in total. The van der Waals surface area contributed by atoms with Crippen LogP contribution < -0.4 is 0 Å². The third-order valence-electron chi connectivity index (χ3n) is 0.255. The number of rotatable bonds is 1. The summed E-state index contributed by atoms with van der Waals surface area (Å²) in [6, 6.07) is 0. The fourth-order valence-electron chi connectivity index (χ4n) is 0.128. The lowest BCUT2D eigenvalue weighted by molar-refractivity contribution is 0.174. The Morgan fingerprint density at radius 2 is 2.29 bits per heavy atom. The Kier molecular flexibility index (Phi) is 3.65. The Morgan fingerprint density at radius 3 is 2.29 bits per heavy atom. The zero-order chi connectivity index (χ0) is 5.86. The van der Waals surface area contributed by atoms with Crippen LogP contribution in [-0.2, 0) is 4.74 Å². The molecule has 0 spiro atoms. The monoisotopic (exact) mass is 230 g/mol. The highest BCUT2D eigenvalue weighted by Crippen LogP contribution is 2.02. The van der Waals surface area contributed by atoms with Gasteiger partial charge < -0.3 is 4.74 Å². The molecule has 42 valence electrons. The van der Waals surface area contributed by atoms with E-state index < -0.39 is 4.88 Å². The molecule has 0 aliphatic heterocycles. The predicted molar refractivity (Wildman–Crippen MR) is 33.8 cm³/mol. The van der Waals surface area contributed by atoms with Gasteiger partial charge in [0.25, 0.3) is 0 Å². The summed E-state index contributed by atoms with van der Waals surface area (Å²) in [5.74, 6) is 0. The molecule has 0 amide bonds. The minimum Gasteiger partial charge on any atom is -0.443 e. The molecule has 0 rings (SSSR count). The van der Waals surface area contributed by atoms with Crippen molar-refractivity contribution in [3.05, 3.63) is 0 Å². The quantitative estimate of drug-likeness (QED) is 0.511. The highest BCUT2D eigenvalue weighted by Gasteiger charge is 1.97. The number of halogens is 2. The second kappa shape index (κ2) is 3.43. The SMILES string of the molecule is CC(Br)OC(=O)Br. The van der Waals surface area contributed by atoms with Gasteiger partial charge in [-0.25, -0.2) is 4.79 Å². The maximum Gasteiger partial charge on any atom is 0.375 e. The molecule has 0 fully saturated rings. The molecule has 1 atom stereocenters. The normalized spacial score (nSPS) is 13.0. The van der Waals surface area contributed by atoms with Crippen LogP contribution in [0.2, 0.25) is 0 Å². The highest BCUT2D eigenvalue weighted by molar-refractivity contribution is 9.18. The van der Waals surface area contributed by atoms with Gasteiger partial charge >= 0.3 is 4.88 Å². The van der Waals surface area contributed by atoms with Crippen LogP contribution >= 0.6 is 31.9 Å². The maximum absolute atomic E-state index is 9.92. The van der Waals surface area contributed by atoms with Crippen molar-refractivity contribution in [3.63, 3.8) is 0 Å². The number of carbonyl (C=O) groups excluding carboxylic acids is 1. The smallest absolute Gasteiger partial charge is 0.375 e. The second-order valence-corrected chi connectivity index (χ2v) is 2.84. The summed E-state index contributed by atoms with van der Waals surface area (Å²) in [6.45, 7) is 1.71. The molecule has 7 heavy (non-hydrogen) atoms. The van der Waals surface area contributed by atoms with Gasteiger partial charge in [-0.3, -0.25) is 0 Å². The summed E-state index contributed by atoms with van der Waals surface area (Å²) in [4.78, 5) is 9.47. The molecule has 1 unspecified atom stereocenters. The Hall–Kier alpha value is 0.430. The average molecular weight is 232 g/mol. The molecule has 0 saturated heterocycles. The van der Waals surface area contributed by atoms with Crippen LogP contribution in [0.15, 0.2) is 0 Å². The lowest BCUT2D eigenvalue weighted by atomic mass is 10.9. The Balaban J connectivity index is 3.13. The zero-order valence-electron chi connectivity index (χ0n) is 3.65. The number of alkyl halides is 1. The van der Waals surface area contributed by atoms with E-state index in [9.17, 15) is 4.79 Å². The molecule has 0 aromatic rings. The fraction of sp³-hybridized carbons (Fsp3) is 0.667. The van der Waals surface area contributed by atoms with E-state index in [4.69, 9.17) is 0 Å². The maximum atomic E-state index is 9.92. The lowest BCUT2D eigenvalue weighted by Gasteiger charge is -1.98. The van der Waals surface area contributed by atoms with Crippen molar-refractivity contribution in [1.82, 2.24) is 0 Å². The lowest BCUT2D eigenvalue weighted by Crippen LogP contribution is -1.98. The number of ether oxygens (including phenoxy) is 1. The number of hydrogen-bond acceptors (Lipinski definition) is 2. The van der Waals surface area contributed by atoms with Gasteiger partial charge in [-0.2, -0.15) is 0 Å². The molecule has 0 radical (unpaired) electrons. The van der Waals surface area contributed by atoms with Crippen LogP contribution in [-0.4, -0.2) is 9.89 Å². The Labute approximate surface area is 58.5 Å². The predicted octanol–water partition coefficient (Wildman–Crippen LogP) is 2.26. The number of hydrogen-bond donors (Lipinski definition) is 0. The van der Waals surface area contributed by atoms with Crippen LogP contribution in [0.5, 0.6) is 0 Å². The van der Waals surface area contributed by atoms with E-state index in [1.807, 2.05) is 0 Å². The van der Waals surface area contributed by atoms with E-state index in [1.54, 1.807) is 6.92 Å². The zero-order valence-corrected chi connectivity index (χ0v) is 6.82. The first-order chi connectivity index (χ1) is 3.13. The first kappa shape index (κ1) is 7.43. The summed E-state index contributed by atoms with van der Waals surface area (Å²) >= 11 is 5.59. The van der Waals surface area contributed by atoms with Crippen molar-refractivity contribution in [1.29, 1.82) is 0 Å². The minimum atomic E-state index is -0.447. The van der Waals surface area contributed by atoms with E-state index in [1.165, 1.54) is 0 Å². The van der Waals surface area contributed by atoms with E-state index in [0.29, 0.717) is 0 Å². The first-order valence-corrected chi connectivity index (χ1v) is 3.34. The van der Waals surface area contributed by atoms with Gasteiger partial charge in [-0.15, -0.1) is 0 Å². The average Bonchev–Trinajstić information content (AvgIpc) is 1.27. The molecular formula is C3H4Br2O2. The largest absolute Gasteiger partial charge is 0.443 e. The summed E-state index contributed by atoms with van der Waals surface area (Å²) in [6.07, 6.45) is 0. The van der Waals surface area contributed by atoms with E-state index >= 15 is 0 Å². The molecule has 0 aromatic heterocycles. The Bertz CT molecular complexity index is 71.3. The van der Waals surface area contributed by atoms with Gasteiger partial charge in [0.1, 0.15) is 0 Å². The highest BCUT2D eigenvalue weighted by atomic mass is 79.9. The minimum absolute atomic E-state index is 0.209. The van der Waals surface area contributed by atoms with Crippen molar-refractivity contribution in [3.8, 4) is 0 Å². The second-order valence-electron chi connectivity index (χ2n) is 0.898. The van der Waals surface area contributed by atoms with E-state index in [-0.39, 0.29) is 5.01 Å². The summed E-state index contributed by atoms with van der Waals surface area (Å²) in [7, 11) is 0. The van der Waals surface area contributed by atoms with Crippen LogP contribution in [0.25, 0.3) is 0 Å². The van der Waals surface area contributed by atoms with Gasteiger partial charge in [0.15, 0.2) is 5.01 Å². The van der Waals surface area contributed by atoms with Crippen molar-refractivity contribution in [2.45, 2.75) is 11.9 Å². The molecule has 2 nitrogen and oxygen atoms in total. The molecule has 0 aliphatic carbocycles. The Morgan fingerprint density at radius 1 is 1.86 bits per heavy atom. The van der Waals surface area contributed by atoms with Gasteiger partial charge in [0.2, 0.25) is 0 Å². The summed E-state index contributed by atoms with van der Waals surface area (Å²) in [5, 5.41) is -0.209. The summed E-state index contributed by atoms with van der Waals surface area (Å²) < 4.78 is 4.44. The molecule has 4 heteroatoms. The molecule has 0 saturated carbocycles. The van der Waals surface area contributed by atoms with Crippen molar-refractivity contribution in [2.24, 2.45) is 0 Å². The van der Waals surface area contributed by atoms with Crippen LogP contribution in [0.3, 0.4) is 0 Å². The van der Waals surface area contributed by atoms with E-state index in [2.05, 4.69) is 36.6 Å². The summed E-state index contributed by atoms with van der Waals surface area (Å²) in [5.41, 5.74) is 0. The third-order valence-corrected chi connectivity index (χ3v) is 0.629. The van der Waals surface area contributed by atoms with Gasteiger partial charge in [-0.1, -0.05) is 0 Å². The molecule has 0 aliphatic rings. The topological polar surface area (TPSA) is 26.3 Å². The van der Waals surface area contributed by atoms with Crippen molar-refractivity contribution < 1.29 is 9.53 Å². The van der Waals surface area contributed by atoms with Crippen LogP contribution in [0.4, 0.5) is 4.79 Å².